The first-order chi connectivity index (χ1) is 14.0. The standard InChI is InChI=1S/C21H24N4O4.ClH/c26-19-14-5-7-23-15-8-12(25-9-11-2-1-6-22-16(11)10-25)3-4-13(15)18(14)24-20(27)17(19)21(28)29;/h3-4,8,11,16,22-23H,1-2,5-7,9-10H2,(H,28,29)(H2,24,26,27);1H. The van der Waals surface area contributed by atoms with E-state index >= 15 is 0 Å². The number of piperidine rings is 1. The Labute approximate surface area is 179 Å². The van der Waals surface area contributed by atoms with E-state index in [1.807, 2.05) is 12.1 Å². The van der Waals surface area contributed by atoms with Crippen molar-refractivity contribution in [2.24, 2.45) is 5.92 Å². The zero-order chi connectivity index (χ0) is 20.1. The predicted molar refractivity (Wildman–Crippen MR) is 117 cm³/mol. The summed E-state index contributed by atoms with van der Waals surface area (Å²) in [5.41, 5.74) is 2.32. The highest BCUT2D eigenvalue weighted by Gasteiger charge is 2.34. The number of halogens is 1. The average Bonchev–Trinajstić information content (AvgIpc) is 3.05. The van der Waals surface area contributed by atoms with Gasteiger partial charge in [-0.1, -0.05) is 0 Å². The van der Waals surface area contributed by atoms with Crippen molar-refractivity contribution in [1.82, 2.24) is 10.3 Å². The van der Waals surface area contributed by atoms with Gasteiger partial charge in [-0.15, -0.1) is 12.4 Å². The van der Waals surface area contributed by atoms with Crippen molar-refractivity contribution >= 4 is 29.8 Å². The van der Waals surface area contributed by atoms with Crippen molar-refractivity contribution in [3.8, 4) is 17.0 Å². The molecule has 30 heavy (non-hydrogen) atoms. The molecule has 3 aliphatic rings. The Balaban J connectivity index is 0.00000218. The summed E-state index contributed by atoms with van der Waals surface area (Å²) in [7, 11) is 0. The Hall–Kier alpha value is -2.71. The zero-order valence-corrected chi connectivity index (χ0v) is 17.2. The van der Waals surface area contributed by atoms with Gasteiger partial charge in [-0.2, -0.15) is 0 Å². The second kappa shape index (κ2) is 7.85. The van der Waals surface area contributed by atoms with Crippen LogP contribution in [0.25, 0.3) is 11.3 Å². The summed E-state index contributed by atoms with van der Waals surface area (Å²) in [5, 5.41) is 26.7. The maximum atomic E-state index is 12.3. The van der Waals surface area contributed by atoms with Gasteiger partial charge in [0.2, 0.25) is 0 Å². The minimum absolute atomic E-state index is 0. The third-order valence-electron chi connectivity index (χ3n) is 6.43. The highest BCUT2D eigenvalue weighted by Crippen LogP contribution is 2.39. The smallest absolute Gasteiger partial charge is 0.345 e. The highest BCUT2D eigenvalue weighted by atomic mass is 35.5. The lowest BCUT2D eigenvalue weighted by Gasteiger charge is -2.24. The van der Waals surface area contributed by atoms with Crippen LogP contribution in [0.5, 0.6) is 5.75 Å². The molecule has 2 fully saturated rings. The number of benzene rings is 1. The van der Waals surface area contributed by atoms with Gasteiger partial charge in [-0.25, -0.2) is 4.79 Å². The Morgan fingerprint density at radius 3 is 2.80 bits per heavy atom. The van der Waals surface area contributed by atoms with Crippen LogP contribution >= 0.6 is 12.4 Å². The Bertz CT molecular complexity index is 1040. The minimum atomic E-state index is -1.43. The Morgan fingerprint density at radius 1 is 1.20 bits per heavy atom. The van der Waals surface area contributed by atoms with Gasteiger partial charge in [-0.3, -0.25) is 4.79 Å². The molecule has 0 aliphatic carbocycles. The second-order valence-electron chi connectivity index (χ2n) is 8.11. The molecule has 2 saturated heterocycles. The van der Waals surface area contributed by atoms with Crippen LogP contribution in [-0.4, -0.2) is 53.4 Å². The van der Waals surface area contributed by atoms with Crippen LogP contribution in [-0.2, 0) is 6.42 Å². The fourth-order valence-corrected chi connectivity index (χ4v) is 4.97. The van der Waals surface area contributed by atoms with Gasteiger partial charge in [0.05, 0.1) is 5.69 Å². The number of anilines is 2. The number of rotatable bonds is 2. The highest BCUT2D eigenvalue weighted by molar-refractivity contribution is 5.93. The van der Waals surface area contributed by atoms with E-state index in [4.69, 9.17) is 0 Å². The number of fused-ring (bicyclic) bond motifs is 4. The van der Waals surface area contributed by atoms with E-state index < -0.39 is 22.8 Å². The first kappa shape index (κ1) is 20.6. The van der Waals surface area contributed by atoms with Crippen LogP contribution in [0.1, 0.15) is 28.8 Å². The summed E-state index contributed by atoms with van der Waals surface area (Å²) in [6.07, 6.45) is 2.91. The molecular weight excluding hydrogens is 408 g/mol. The number of aromatic carboxylic acids is 1. The summed E-state index contributed by atoms with van der Waals surface area (Å²) < 4.78 is 0. The summed E-state index contributed by atoms with van der Waals surface area (Å²) in [4.78, 5) is 28.7. The molecule has 4 heterocycles. The third kappa shape index (κ3) is 3.30. The summed E-state index contributed by atoms with van der Waals surface area (Å²) in [5.74, 6) is -1.19. The molecule has 5 rings (SSSR count). The van der Waals surface area contributed by atoms with Crippen molar-refractivity contribution in [3.05, 3.63) is 39.7 Å². The monoisotopic (exact) mass is 432 g/mol. The van der Waals surface area contributed by atoms with Gasteiger partial charge in [0.1, 0.15) is 5.75 Å². The van der Waals surface area contributed by atoms with Crippen LogP contribution in [0.3, 0.4) is 0 Å². The molecule has 0 bridgehead atoms. The number of H-pyrrole nitrogens is 1. The minimum Gasteiger partial charge on any atom is -0.506 e. The van der Waals surface area contributed by atoms with Gasteiger partial charge in [0.15, 0.2) is 5.56 Å². The van der Waals surface area contributed by atoms with Crippen LogP contribution < -0.4 is 21.1 Å². The van der Waals surface area contributed by atoms with Crippen LogP contribution in [0.2, 0.25) is 0 Å². The number of pyridine rings is 1. The maximum absolute atomic E-state index is 12.3. The summed E-state index contributed by atoms with van der Waals surface area (Å²) >= 11 is 0. The number of carboxylic acids is 1. The second-order valence-corrected chi connectivity index (χ2v) is 8.11. The van der Waals surface area contributed by atoms with E-state index in [0.29, 0.717) is 36.2 Å². The fraction of sp³-hybridized carbons (Fsp3) is 0.429. The average molecular weight is 433 g/mol. The SMILES string of the molecule is Cl.O=C(O)c1c(O)c2c([nH]c1=O)-c1ccc(N3CC4CCCNC4C3)cc1NCC2. The number of carbonyl (C=O) groups is 1. The van der Waals surface area contributed by atoms with Crippen LogP contribution in [0.15, 0.2) is 23.0 Å². The number of hydrogen-bond donors (Lipinski definition) is 5. The predicted octanol–water partition coefficient (Wildman–Crippen LogP) is 2.02. The molecule has 0 radical (unpaired) electrons. The molecule has 2 unspecified atom stereocenters. The lowest BCUT2D eigenvalue weighted by molar-refractivity contribution is 0.0691. The third-order valence-corrected chi connectivity index (χ3v) is 6.43. The van der Waals surface area contributed by atoms with E-state index in [9.17, 15) is 19.8 Å². The van der Waals surface area contributed by atoms with Gasteiger partial charge < -0.3 is 30.7 Å². The van der Waals surface area contributed by atoms with Crippen molar-refractivity contribution in [2.75, 3.05) is 36.4 Å². The number of aromatic amines is 1. The van der Waals surface area contributed by atoms with Crippen molar-refractivity contribution in [3.63, 3.8) is 0 Å². The van der Waals surface area contributed by atoms with E-state index in [1.54, 1.807) is 0 Å². The van der Waals surface area contributed by atoms with Crippen molar-refractivity contribution in [2.45, 2.75) is 25.3 Å². The lowest BCUT2D eigenvalue weighted by Crippen LogP contribution is -2.40. The molecule has 1 aromatic heterocycles. The van der Waals surface area contributed by atoms with Gasteiger partial charge in [-0.05, 0) is 49.9 Å². The molecule has 2 atom stereocenters. The van der Waals surface area contributed by atoms with Crippen LogP contribution in [0, 0.1) is 5.92 Å². The number of nitrogens with zero attached hydrogens (tertiary/aromatic N) is 1. The summed E-state index contributed by atoms with van der Waals surface area (Å²) in [6, 6.07) is 6.60. The molecule has 160 valence electrons. The van der Waals surface area contributed by atoms with Gasteiger partial charge in [0, 0.05) is 48.2 Å². The number of aromatic nitrogens is 1. The number of nitrogens with one attached hydrogen (secondary N) is 3. The Kier molecular flexibility index (Phi) is 5.38. The van der Waals surface area contributed by atoms with E-state index in [-0.39, 0.29) is 12.4 Å². The van der Waals surface area contributed by atoms with E-state index in [1.165, 1.54) is 12.8 Å². The first-order valence-electron chi connectivity index (χ1n) is 10.1. The normalized spacial score (nSPS) is 22.1. The molecule has 1 aromatic carbocycles. The number of aromatic hydroxyl groups is 1. The molecule has 3 aliphatic heterocycles. The quantitative estimate of drug-likeness (QED) is 0.492. The van der Waals surface area contributed by atoms with Crippen LogP contribution in [0.4, 0.5) is 11.4 Å². The first-order valence-corrected chi connectivity index (χ1v) is 10.1. The number of carboxylic acid groups (broad SMARTS) is 1. The largest absolute Gasteiger partial charge is 0.506 e. The molecule has 8 nitrogen and oxygen atoms in total. The molecular formula is C21H25ClN4O4. The fourth-order valence-electron chi connectivity index (χ4n) is 4.97. The topological polar surface area (TPSA) is 118 Å². The molecule has 0 spiro atoms. The van der Waals surface area contributed by atoms with Gasteiger partial charge in [0.25, 0.3) is 5.56 Å². The molecule has 9 heteroatoms. The zero-order valence-electron chi connectivity index (χ0n) is 16.4. The van der Waals surface area contributed by atoms with E-state index in [0.717, 1.165) is 36.6 Å². The van der Waals surface area contributed by atoms with E-state index in [2.05, 4.69) is 26.6 Å². The Morgan fingerprint density at radius 2 is 2.03 bits per heavy atom. The van der Waals surface area contributed by atoms with Crippen molar-refractivity contribution < 1.29 is 15.0 Å². The summed E-state index contributed by atoms with van der Waals surface area (Å²) in [6.45, 7) is 3.65. The molecule has 5 N–H and O–H groups in total. The maximum Gasteiger partial charge on any atom is 0.345 e. The lowest BCUT2D eigenvalue weighted by atomic mass is 9.94. The van der Waals surface area contributed by atoms with Crippen molar-refractivity contribution in [1.29, 1.82) is 0 Å². The number of hydrogen-bond acceptors (Lipinski definition) is 6. The molecule has 0 amide bonds. The molecule has 0 saturated carbocycles. The molecule has 2 aromatic rings. The van der Waals surface area contributed by atoms with Gasteiger partial charge >= 0.3 is 5.97 Å².